The molecule has 1 aromatic heterocycles. The minimum Gasteiger partial charge on any atom is -0.481 e. The van der Waals surface area contributed by atoms with Crippen LogP contribution in [0.4, 0.5) is 0 Å². The summed E-state index contributed by atoms with van der Waals surface area (Å²) in [5.74, 6) is 0.389. The van der Waals surface area contributed by atoms with E-state index in [2.05, 4.69) is 5.32 Å². The summed E-state index contributed by atoms with van der Waals surface area (Å²) in [6.45, 7) is 3.60. The first-order chi connectivity index (χ1) is 15.5. The highest BCUT2D eigenvalue weighted by Crippen LogP contribution is 2.29. The van der Waals surface area contributed by atoms with E-state index >= 15 is 0 Å². The molecule has 7 heteroatoms. The first kappa shape index (κ1) is 21.6. The highest BCUT2D eigenvalue weighted by Gasteiger charge is 2.20. The number of likely N-dealkylation sites (tertiary alicyclic amines) is 1. The van der Waals surface area contributed by atoms with Crippen molar-refractivity contribution in [3.8, 4) is 16.9 Å². The van der Waals surface area contributed by atoms with Gasteiger partial charge in [0.15, 0.2) is 6.10 Å². The molecular weight excluding hydrogens is 408 g/mol. The van der Waals surface area contributed by atoms with Crippen LogP contribution in [-0.2, 0) is 9.59 Å². The second-order valence-corrected chi connectivity index (χ2v) is 7.89. The normalized spacial score (nSPS) is 14.5. The second kappa shape index (κ2) is 9.68. The van der Waals surface area contributed by atoms with Gasteiger partial charge in [-0.3, -0.25) is 9.59 Å². The zero-order chi connectivity index (χ0) is 22.5. The Bertz CT molecular complexity index is 1170. The molecule has 1 fully saturated rings. The largest absolute Gasteiger partial charge is 0.481 e. The Labute approximate surface area is 186 Å². The highest BCUT2D eigenvalue weighted by molar-refractivity contribution is 5.93. The van der Waals surface area contributed by atoms with Crippen LogP contribution in [0.25, 0.3) is 22.1 Å². The van der Waals surface area contributed by atoms with E-state index in [1.807, 2.05) is 41.3 Å². The zero-order valence-corrected chi connectivity index (χ0v) is 18.0. The van der Waals surface area contributed by atoms with Crippen molar-refractivity contribution >= 4 is 22.8 Å². The Kier molecular flexibility index (Phi) is 6.54. The number of ether oxygens (including phenoxy) is 1. The summed E-state index contributed by atoms with van der Waals surface area (Å²) in [5, 5.41) is 3.63. The molecule has 1 aliphatic rings. The molecule has 0 saturated carbocycles. The zero-order valence-electron chi connectivity index (χ0n) is 18.0. The van der Waals surface area contributed by atoms with E-state index < -0.39 is 11.7 Å². The summed E-state index contributed by atoms with van der Waals surface area (Å²) < 4.78 is 11.2. The number of nitrogens with one attached hydrogen (secondary N) is 1. The van der Waals surface area contributed by atoms with Crippen molar-refractivity contribution in [3.05, 3.63) is 65.0 Å². The third-order valence-corrected chi connectivity index (χ3v) is 5.56. The van der Waals surface area contributed by atoms with Gasteiger partial charge in [0.2, 0.25) is 5.91 Å². The van der Waals surface area contributed by atoms with E-state index in [4.69, 9.17) is 9.15 Å². The van der Waals surface area contributed by atoms with E-state index in [1.54, 1.807) is 19.1 Å². The number of amides is 2. The summed E-state index contributed by atoms with van der Waals surface area (Å²) in [4.78, 5) is 37.9. The van der Waals surface area contributed by atoms with Gasteiger partial charge in [-0.05, 0) is 43.0 Å². The van der Waals surface area contributed by atoms with Gasteiger partial charge in [0.05, 0.1) is 0 Å². The van der Waals surface area contributed by atoms with E-state index in [0.717, 1.165) is 29.5 Å². The maximum atomic E-state index is 12.4. The maximum absolute atomic E-state index is 12.4. The van der Waals surface area contributed by atoms with Gasteiger partial charge >= 0.3 is 5.63 Å². The molecule has 3 aromatic rings. The minimum atomic E-state index is -0.718. The molecule has 1 atom stereocenters. The summed E-state index contributed by atoms with van der Waals surface area (Å²) in [7, 11) is 0. The van der Waals surface area contributed by atoms with Gasteiger partial charge in [0.25, 0.3) is 5.91 Å². The number of nitrogens with zero attached hydrogens (tertiary/aromatic N) is 1. The van der Waals surface area contributed by atoms with Crippen LogP contribution in [0.15, 0.2) is 63.8 Å². The van der Waals surface area contributed by atoms with Gasteiger partial charge in [0.1, 0.15) is 11.3 Å². The molecule has 0 spiro atoms. The van der Waals surface area contributed by atoms with Crippen molar-refractivity contribution in [2.75, 3.05) is 19.6 Å². The summed E-state index contributed by atoms with van der Waals surface area (Å²) in [5.41, 5.74) is 1.65. The van der Waals surface area contributed by atoms with Gasteiger partial charge < -0.3 is 19.4 Å². The average Bonchev–Trinajstić information content (AvgIpc) is 3.20. The molecule has 1 aliphatic heterocycles. The average molecular weight is 434 g/mol. The molecule has 0 unspecified atom stereocenters. The molecule has 1 N–H and O–H groups in total. The molecule has 0 aliphatic carbocycles. The molecule has 1 saturated heterocycles. The van der Waals surface area contributed by atoms with Gasteiger partial charge in [0, 0.05) is 43.6 Å². The fourth-order valence-electron chi connectivity index (χ4n) is 3.90. The lowest BCUT2D eigenvalue weighted by Crippen LogP contribution is -2.38. The molecule has 7 nitrogen and oxygen atoms in total. The van der Waals surface area contributed by atoms with Crippen molar-refractivity contribution in [3.63, 3.8) is 0 Å². The molecule has 2 heterocycles. The molecule has 2 aromatic carbocycles. The Morgan fingerprint density at radius 2 is 1.97 bits per heavy atom. The van der Waals surface area contributed by atoms with E-state index in [0.29, 0.717) is 37.3 Å². The van der Waals surface area contributed by atoms with Gasteiger partial charge in [-0.1, -0.05) is 30.3 Å². The Hall–Kier alpha value is -3.61. The van der Waals surface area contributed by atoms with Crippen LogP contribution in [0.1, 0.15) is 26.2 Å². The molecule has 0 radical (unpaired) electrons. The van der Waals surface area contributed by atoms with Crippen molar-refractivity contribution < 1.29 is 18.7 Å². The summed E-state index contributed by atoms with van der Waals surface area (Å²) in [6, 6.07) is 16.3. The van der Waals surface area contributed by atoms with Crippen LogP contribution >= 0.6 is 0 Å². The molecular formula is C25H26N2O5. The lowest BCUT2D eigenvalue weighted by molar-refractivity contribution is -0.127. The predicted octanol–water partition coefficient (Wildman–Crippen LogP) is 3.36. The smallest absolute Gasteiger partial charge is 0.336 e. The predicted molar refractivity (Wildman–Crippen MR) is 121 cm³/mol. The first-order valence-corrected chi connectivity index (χ1v) is 10.9. The minimum absolute atomic E-state index is 0.186. The van der Waals surface area contributed by atoms with Crippen LogP contribution in [0.2, 0.25) is 0 Å². The number of hydrogen-bond donors (Lipinski definition) is 1. The molecule has 32 heavy (non-hydrogen) atoms. The van der Waals surface area contributed by atoms with Gasteiger partial charge in [-0.2, -0.15) is 0 Å². The number of fused-ring (bicyclic) bond motifs is 1. The van der Waals surface area contributed by atoms with E-state index in [1.165, 1.54) is 6.07 Å². The van der Waals surface area contributed by atoms with Crippen molar-refractivity contribution in [1.29, 1.82) is 0 Å². The monoisotopic (exact) mass is 434 g/mol. The Balaban J connectivity index is 1.38. The number of carbonyl (C=O) groups is 2. The summed E-state index contributed by atoms with van der Waals surface area (Å²) >= 11 is 0. The lowest BCUT2D eigenvalue weighted by Gasteiger charge is -2.17. The second-order valence-electron chi connectivity index (χ2n) is 7.89. The number of carbonyl (C=O) groups excluding carboxylic acids is 2. The van der Waals surface area contributed by atoms with Crippen LogP contribution in [0, 0.1) is 0 Å². The highest BCUT2D eigenvalue weighted by atomic mass is 16.5. The van der Waals surface area contributed by atoms with Crippen molar-refractivity contribution in [2.24, 2.45) is 0 Å². The number of benzene rings is 2. The maximum Gasteiger partial charge on any atom is 0.336 e. The molecule has 4 rings (SSSR count). The standard InChI is InChI=1S/C25H26N2O5/c1-17(25(30)26-12-6-14-27-13-5-9-23(27)28)31-19-10-11-20-21(18-7-3-2-4-8-18)16-24(29)32-22(20)15-19/h2-4,7-8,10-11,15-17H,5-6,9,12-14H2,1H3,(H,26,30)/t17-/m0/s1. The van der Waals surface area contributed by atoms with Crippen molar-refractivity contribution in [2.45, 2.75) is 32.3 Å². The van der Waals surface area contributed by atoms with E-state index in [9.17, 15) is 14.4 Å². The van der Waals surface area contributed by atoms with Crippen LogP contribution < -0.4 is 15.7 Å². The van der Waals surface area contributed by atoms with Crippen molar-refractivity contribution in [1.82, 2.24) is 10.2 Å². The first-order valence-electron chi connectivity index (χ1n) is 10.9. The van der Waals surface area contributed by atoms with Crippen LogP contribution in [0.5, 0.6) is 5.75 Å². The number of hydrogen-bond acceptors (Lipinski definition) is 5. The molecule has 166 valence electrons. The number of rotatable bonds is 8. The molecule has 2 amide bonds. The molecule has 0 bridgehead atoms. The van der Waals surface area contributed by atoms with E-state index in [-0.39, 0.29) is 11.8 Å². The van der Waals surface area contributed by atoms with Gasteiger partial charge in [-0.25, -0.2) is 4.79 Å². The van der Waals surface area contributed by atoms with Gasteiger partial charge in [-0.15, -0.1) is 0 Å². The third kappa shape index (κ3) is 4.99. The third-order valence-electron chi connectivity index (χ3n) is 5.56. The Morgan fingerprint density at radius 3 is 2.72 bits per heavy atom. The lowest BCUT2D eigenvalue weighted by atomic mass is 10.0. The van der Waals surface area contributed by atoms with Crippen LogP contribution in [0.3, 0.4) is 0 Å². The topological polar surface area (TPSA) is 88.8 Å². The van der Waals surface area contributed by atoms with Crippen LogP contribution in [-0.4, -0.2) is 42.5 Å². The summed E-state index contributed by atoms with van der Waals surface area (Å²) in [6.07, 6.45) is 1.52. The quantitative estimate of drug-likeness (QED) is 0.434. The fraction of sp³-hybridized carbons (Fsp3) is 0.320. The fourth-order valence-corrected chi connectivity index (χ4v) is 3.90. The Morgan fingerprint density at radius 1 is 1.16 bits per heavy atom. The SMILES string of the molecule is C[C@H](Oc1ccc2c(-c3ccccc3)cc(=O)oc2c1)C(=O)NCCCN1CCCC1=O.